The molecule has 102 valence electrons. The quantitative estimate of drug-likeness (QED) is 0.807. The van der Waals surface area contributed by atoms with Gasteiger partial charge in [-0.15, -0.1) is 0 Å². The molecular formula is C10H8ClF6N. The van der Waals surface area contributed by atoms with Crippen LogP contribution < -0.4 is 5.73 Å². The van der Waals surface area contributed by atoms with Gasteiger partial charge >= 0.3 is 12.4 Å². The second kappa shape index (κ2) is 4.97. The van der Waals surface area contributed by atoms with Gasteiger partial charge in [0.1, 0.15) is 0 Å². The van der Waals surface area contributed by atoms with E-state index < -0.39 is 35.4 Å². The lowest BCUT2D eigenvalue weighted by Crippen LogP contribution is -2.20. The first-order chi connectivity index (χ1) is 8.00. The number of halogens is 7. The minimum absolute atomic E-state index is 0.0923. The fraction of sp³-hybridized carbons (Fsp3) is 0.400. The van der Waals surface area contributed by atoms with E-state index in [1.807, 2.05) is 0 Å². The van der Waals surface area contributed by atoms with Gasteiger partial charge in [0.15, 0.2) is 0 Å². The SMILES string of the molecule is N[C@@H](CC(F)(F)F)c1ccc(C(F)(F)F)c(Cl)c1. The molecular weight excluding hydrogens is 284 g/mol. The first kappa shape index (κ1) is 15.1. The van der Waals surface area contributed by atoms with Gasteiger partial charge in [-0.1, -0.05) is 17.7 Å². The topological polar surface area (TPSA) is 26.0 Å². The Bertz CT molecular complexity index is 425. The summed E-state index contributed by atoms with van der Waals surface area (Å²) in [6.45, 7) is 0. The zero-order valence-electron chi connectivity index (χ0n) is 8.74. The van der Waals surface area contributed by atoms with Crippen molar-refractivity contribution in [2.24, 2.45) is 5.73 Å². The molecule has 2 N–H and O–H groups in total. The van der Waals surface area contributed by atoms with Crippen LogP contribution in [0.15, 0.2) is 18.2 Å². The Morgan fingerprint density at radius 2 is 1.67 bits per heavy atom. The van der Waals surface area contributed by atoms with Gasteiger partial charge in [0, 0.05) is 6.04 Å². The van der Waals surface area contributed by atoms with Crippen molar-refractivity contribution in [3.05, 3.63) is 34.3 Å². The Hall–Kier alpha value is -0.950. The number of hydrogen-bond acceptors (Lipinski definition) is 1. The van der Waals surface area contributed by atoms with E-state index in [2.05, 4.69) is 0 Å². The zero-order chi connectivity index (χ0) is 14.1. The standard InChI is InChI=1S/C10H8ClF6N/c11-7-3-5(8(18)4-9(12,13)14)1-2-6(7)10(15,16)17/h1-3,8H,4,18H2/t8-/m0/s1. The Labute approximate surface area is 104 Å². The normalized spacial score (nSPS) is 14.7. The summed E-state index contributed by atoms with van der Waals surface area (Å²) < 4.78 is 73.3. The van der Waals surface area contributed by atoms with Crippen molar-refractivity contribution >= 4 is 11.6 Å². The van der Waals surface area contributed by atoms with Gasteiger partial charge in [0.25, 0.3) is 0 Å². The molecule has 1 nitrogen and oxygen atoms in total. The van der Waals surface area contributed by atoms with E-state index >= 15 is 0 Å². The maximum atomic E-state index is 12.4. The van der Waals surface area contributed by atoms with Crippen LogP contribution in [0.5, 0.6) is 0 Å². The molecule has 0 aromatic heterocycles. The van der Waals surface area contributed by atoms with Gasteiger partial charge in [0.05, 0.1) is 17.0 Å². The molecule has 1 aromatic rings. The third-order valence-electron chi connectivity index (χ3n) is 2.18. The van der Waals surface area contributed by atoms with Crippen molar-refractivity contribution in [2.75, 3.05) is 0 Å². The molecule has 0 aliphatic heterocycles. The molecule has 0 saturated heterocycles. The van der Waals surface area contributed by atoms with Gasteiger partial charge in [0.2, 0.25) is 0 Å². The van der Waals surface area contributed by atoms with E-state index in [0.717, 1.165) is 12.1 Å². The molecule has 0 aliphatic rings. The predicted molar refractivity (Wildman–Crippen MR) is 54.1 cm³/mol. The molecule has 1 rings (SSSR count). The molecule has 8 heteroatoms. The van der Waals surface area contributed by atoms with Crippen molar-refractivity contribution in [2.45, 2.75) is 24.8 Å². The van der Waals surface area contributed by atoms with Crippen molar-refractivity contribution in [3.63, 3.8) is 0 Å². The Balaban J connectivity index is 2.98. The van der Waals surface area contributed by atoms with E-state index in [1.165, 1.54) is 0 Å². The van der Waals surface area contributed by atoms with Crippen LogP contribution >= 0.6 is 11.6 Å². The summed E-state index contributed by atoms with van der Waals surface area (Å²) >= 11 is 5.37. The first-order valence-electron chi connectivity index (χ1n) is 4.69. The summed E-state index contributed by atoms with van der Waals surface area (Å²) in [6, 6.07) is 0.879. The Morgan fingerprint density at radius 3 is 2.06 bits per heavy atom. The molecule has 0 spiro atoms. The summed E-state index contributed by atoms with van der Waals surface area (Å²) in [5.41, 5.74) is 4.05. The number of rotatable bonds is 2. The number of hydrogen-bond donors (Lipinski definition) is 1. The molecule has 0 fully saturated rings. The maximum Gasteiger partial charge on any atom is 0.417 e. The van der Waals surface area contributed by atoms with Gasteiger partial charge in [-0.05, 0) is 17.7 Å². The summed E-state index contributed by atoms with van der Waals surface area (Å²) in [5.74, 6) is 0. The van der Waals surface area contributed by atoms with Crippen LogP contribution in [0.25, 0.3) is 0 Å². The molecule has 0 bridgehead atoms. The minimum Gasteiger partial charge on any atom is -0.324 e. The summed E-state index contributed by atoms with van der Waals surface area (Å²) in [6.07, 6.45) is -10.5. The van der Waals surface area contributed by atoms with Gasteiger partial charge < -0.3 is 5.73 Å². The van der Waals surface area contributed by atoms with Crippen LogP contribution in [-0.2, 0) is 6.18 Å². The smallest absolute Gasteiger partial charge is 0.324 e. The summed E-state index contributed by atoms with van der Waals surface area (Å²) in [7, 11) is 0. The second-order valence-corrected chi connectivity index (χ2v) is 4.07. The van der Waals surface area contributed by atoms with E-state index in [0.29, 0.717) is 6.07 Å². The Kier molecular flexibility index (Phi) is 4.17. The zero-order valence-corrected chi connectivity index (χ0v) is 9.50. The van der Waals surface area contributed by atoms with E-state index in [4.69, 9.17) is 17.3 Å². The molecule has 0 amide bonds. The summed E-state index contributed by atoms with van der Waals surface area (Å²) in [5, 5.41) is -0.669. The van der Waals surface area contributed by atoms with E-state index in [-0.39, 0.29) is 5.56 Å². The van der Waals surface area contributed by atoms with Crippen LogP contribution in [0.4, 0.5) is 26.3 Å². The molecule has 0 saturated carbocycles. The lowest BCUT2D eigenvalue weighted by Gasteiger charge is -2.16. The minimum atomic E-state index is -4.65. The largest absolute Gasteiger partial charge is 0.417 e. The highest BCUT2D eigenvalue weighted by Crippen LogP contribution is 2.36. The van der Waals surface area contributed by atoms with Crippen molar-refractivity contribution in [3.8, 4) is 0 Å². The lowest BCUT2D eigenvalue weighted by molar-refractivity contribution is -0.139. The Morgan fingerprint density at radius 1 is 1.11 bits per heavy atom. The van der Waals surface area contributed by atoms with Gasteiger partial charge in [-0.2, -0.15) is 26.3 Å². The van der Waals surface area contributed by atoms with Crippen LogP contribution in [0, 0.1) is 0 Å². The number of nitrogens with two attached hydrogens (primary N) is 1. The summed E-state index contributed by atoms with van der Waals surface area (Å²) in [4.78, 5) is 0. The number of benzene rings is 1. The highest BCUT2D eigenvalue weighted by molar-refractivity contribution is 6.31. The first-order valence-corrected chi connectivity index (χ1v) is 5.07. The average molecular weight is 292 g/mol. The fourth-order valence-corrected chi connectivity index (χ4v) is 1.66. The van der Waals surface area contributed by atoms with Gasteiger partial charge in [-0.3, -0.25) is 0 Å². The fourth-order valence-electron chi connectivity index (χ4n) is 1.36. The lowest BCUT2D eigenvalue weighted by atomic mass is 10.0. The van der Waals surface area contributed by atoms with Crippen LogP contribution in [-0.4, -0.2) is 6.18 Å². The van der Waals surface area contributed by atoms with Crippen molar-refractivity contribution < 1.29 is 26.3 Å². The predicted octanol–water partition coefficient (Wildman–Crippen LogP) is 4.31. The molecule has 0 aliphatic carbocycles. The van der Waals surface area contributed by atoms with Crippen LogP contribution in [0.3, 0.4) is 0 Å². The molecule has 0 unspecified atom stereocenters. The molecule has 1 atom stereocenters. The highest BCUT2D eigenvalue weighted by atomic mass is 35.5. The second-order valence-electron chi connectivity index (χ2n) is 3.66. The highest BCUT2D eigenvalue weighted by Gasteiger charge is 2.34. The van der Waals surface area contributed by atoms with Crippen LogP contribution in [0.1, 0.15) is 23.6 Å². The number of alkyl halides is 6. The third kappa shape index (κ3) is 4.06. The molecule has 1 aromatic carbocycles. The van der Waals surface area contributed by atoms with Crippen LogP contribution in [0.2, 0.25) is 5.02 Å². The monoisotopic (exact) mass is 291 g/mol. The molecule has 18 heavy (non-hydrogen) atoms. The third-order valence-corrected chi connectivity index (χ3v) is 2.49. The van der Waals surface area contributed by atoms with E-state index in [1.54, 1.807) is 0 Å². The average Bonchev–Trinajstić information content (AvgIpc) is 2.12. The molecule has 0 heterocycles. The van der Waals surface area contributed by atoms with Crippen molar-refractivity contribution in [1.29, 1.82) is 0 Å². The maximum absolute atomic E-state index is 12.4. The van der Waals surface area contributed by atoms with Gasteiger partial charge in [-0.25, -0.2) is 0 Å². The van der Waals surface area contributed by atoms with Crippen molar-refractivity contribution in [1.82, 2.24) is 0 Å². The molecule has 0 radical (unpaired) electrons. The van der Waals surface area contributed by atoms with E-state index in [9.17, 15) is 26.3 Å².